The summed E-state index contributed by atoms with van der Waals surface area (Å²) in [4.78, 5) is 29.6. The molecular formula is C26H34N6O3. The van der Waals surface area contributed by atoms with Crippen LogP contribution in [0.3, 0.4) is 0 Å². The Morgan fingerprint density at radius 2 is 1.60 bits per heavy atom. The number of hydrogen-bond donors (Lipinski definition) is 0. The average Bonchev–Trinajstić information content (AvgIpc) is 3.50. The van der Waals surface area contributed by atoms with Gasteiger partial charge in [-0.25, -0.2) is 4.79 Å². The Balaban J connectivity index is 1.19. The number of aromatic nitrogens is 4. The van der Waals surface area contributed by atoms with Gasteiger partial charge in [0.05, 0.1) is 0 Å². The third-order valence-electron chi connectivity index (χ3n) is 7.00. The van der Waals surface area contributed by atoms with E-state index in [9.17, 15) is 9.59 Å². The number of fused-ring (bicyclic) bond motifs is 1. The SMILES string of the molecule is CC(C)(C)OC(=O)N1CCC(n2cccc2C(=O)N2CCC(c3nnc4ccccn34)CC2)CC1. The molecule has 3 aromatic heterocycles. The monoisotopic (exact) mass is 478 g/mol. The number of rotatable bonds is 3. The molecule has 2 fully saturated rings. The van der Waals surface area contributed by atoms with E-state index in [-0.39, 0.29) is 18.0 Å². The molecule has 2 aliphatic heterocycles. The zero-order valence-corrected chi connectivity index (χ0v) is 20.8. The molecular weight excluding hydrogens is 444 g/mol. The Bertz CT molecular complexity index is 1190. The van der Waals surface area contributed by atoms with E-state index < -0.39 is 5.60 Å². The number of carbonyl (C=O) groups excluding carboxylic acids is 2. The molecule has 35 heavy (non-hydrogen) atoms. The summed E-state index contributed by atoms with van der Waals surface area (Å²) in [5, 5.41) is 8.70. The van der Waals surface area contributed by atoms with E-state index in [0.717, 1.165) is 42.8 Å². The number of likely N-dealkylation sites (tertiary alicyclic amines) is 2. The van der Waals surface area contributed by atoms with Crippen LogP contribution in [0.5, 0.6) is 0 Å². The second-order valence-corrected chi connectivity index (χ2v) is 10.6. The number of nitrogens with zero attached hydrogens (tertiary/aromatic N) is 6. The number of amides is 2. The highest BCUT2D eigenvalue weighted by molar-refractivity contribution is 5.93. The van der Waals surface area contributed by atoms with Crippen molar-refractivity contribution in [2.45, 2.75) is 64.0 Å². The van der Waals surface area contributed by atoms with Crippen LogP contribution in [0.4, 0.5) is 4.79 Å². The molecule has 9 nitrogen and oxygen atoms in total. The van der Waals surface area contributed by atoms with Crippen LogP contribution in [0.15, 0.2) is 42.7 Å². The van der Waals surface area contributed by atoms with Crippen LogP contribution in [0.1, 0.15) is 74.7 Å². The van der Waals surface area contributed by atoms with Crippen LogP contribution in [0.2, 0.25) is 0 Å². The molecule has 0 radical (unpaired) electrons. The second-order valence-electron chi connectivity index (χ2n) is 10.6. The minimum absolute atomic E-state index is 0.0779. The summed E-state index contributed by atoms with van der Waals surface area (Å²) in [7, 11) is 0. The van der Waals surface area contributed by atoms with Crippen molar-refractivity contribution in [2.75, 3.05) is 26.2 Å². The van der Waals surface area contributed by atoms with Gasteiger partial charge in [-0.3, -0.25) is 9.20 Å². The standard InChI is InChI=1S/C26H34N6O3/c1-26(2,3)35-25(34)30-17-11-20(12-18-30)31-14-6-7-21(31)24(33)29-15-9-19(10-16-29)23-28-27-22-8-4-5-13-32(22)23/h4-8,13-14,19-20H,9-12,15-18H2,1-3H3. The molecule has 0 bridgehead atoms. The van der Waals surface area contributed by atoms with Crippen molar-refractivity contribution in [1.82, 2.24) is 29.0 Å². The largest absolute Gasteiger partial charge is 0.444 e. The van der Waals surface area contributed by atoms with Crippen molar-refractivity contribution in [1.29, 1.82) is 0 Å². The van der Waals surface area contributed by atoms with Gasteiger partial charge in [0.15, 0.2) is 5.65 Å². The van der Waals surface area contributed by atoms with Crippen LogP contribution < -0.4 is 0 Å². The zero-order chi connectivity index (χ0) is 24.6. The lowest BCUT2D eigenvalue weighted by molar-refractivity contribution is 0.0186. The number of pyridine rings is 1. The number of carbonyl (C=O) groups is 2. The first-order valence-electron chi connectivity index (χ1n) is 12.5. The molecule has 0 aromatic carbocycles. The molecule has 0 spiro atoms. The molecule has 0 unspecified atom stereocenters. The van der Waals surface area contributed by atoms with E-state index >= 15 is 0 Å². The summed E-state index contributed by atoms with van der Waals surface area (Å²) in [6.45, 7) is 8.30. The van der Waals surface area contributed by atoms with E-state index in [1.165, 1.54) is 0 Å². The first-order chi connectivity index (χ1) is 16.8. The van der Waals surface area contributed by atoms with E-state index in [1.807, 2.05) is 68.4 Å². The van der Waals surface area contributed by atoms with Crippen LogP contribution in [0.25, 0.3) is 5.65 Å². The van der Waals surface area contributed by atoms with Gasteiger partial charge in [0.1, 0.15) is 17.1 Å². The van der Waals surface area contributed by atoms with E-state index in [2.05, 4.69) is 19.2 Å². The maximum absolute atomic E-state index is 13.4. The Hall–Kier alpha value is -3.36. The summed E-state index contributed by atoms with van der Waals surface area (Å²) in [6, 6.07) is 9.98. The third-order valence-corrected chi connectivity index (χ3v) is 7.00. The Morgan fingerprint density at radius 3 is 2.31 bits per heavy atom. The van der Waals surface area contributed by atoms with Gasteiger partial charge < -0.3 is 19.1 Å². The number of ether oxygens (including phenoxy) is 1. The Morgan fingerprint density at radius 1 is 0.886 bits per heavy atom. The smallest absolute Gasteiger partial charge is 0.410 e. The summed E-state index contributed by atoms with van der Waals surface area (Å²) >= 11 is 0. The molecule has 0 aliphatic carbocycles. The van der Waals surface area contributed by atoms with Gasteiger partial charge in [-0.1, -0.05) is 6.07 Å². The summed E-state index contributed by atoms with van der Waals surface area (Å²) in [6.07, 6.45) is 7.08. The van der Waals surface area contributed by atoms with Gasteiger partial charge >= 0.3 is 6.09 Å². The van der Waals surface area contributed by atoms with Crippen LogP contribution in [-0.2, 0) is 4.74 Å². The Labute approximate surface area is 205 Å². The van der Waals surface area contributed by atoms with Crippen molar-refractivity contribution in [3.63, 3.8) is 0 Å². The lowest BCUT2D eigenvalue weighted by Crippen LogP contribution is -2.43. The fourth-order valence-corrected chi connectivity index (χ4v) is 5.19. The quantitative estimate of drug-likeness (QED) is 0.565. The molecule has 186 valence electrons. The fourth-order valence-electron chi connectivity index (χ4n) is 5.19. The number of hydrogen-bond acceptors (Lipinski definition) is 5. The van der Waals surface area contributed by atoms with Crippen molar-refractivity contribution >= 4 is 17.6 Å². The molecule has 2 aliphatic rings. The molecule has 0 N–H and O–H groups in total. The molecule has 5 rings (SSSR count). The van der Waals surface area contributed by atoms with Crippen molar-refractivity contribution in [3.8, 4) is 0 Å². The van der Waals surface area contributed by atoms with Gasteiger partial charge in [0.2, 0.25) is 0 Å². The zero-order valence-electron chi connectivity index (χ0n) is 20.8. The predicted octanol–water partition coefficient (Wildman–Crippen LogP) is 4.12. The third kappa shape index (κ3) is 4.90. The highest BCUT2D eigenvalue weighted by atomic mass is 16.6. The number of piperidine rings is 2. The molecule has 2 saturated heterocycles. The minimum atomic E-state index is -0.497. The van der Waals surface area contributed by atoms with Gasteiger partial charge in [-0.05, 0) is 70.7 Å². The van der Waals surface area contributed by atoms with Crippen LogP contribution >= 0.6 is 0 Å². The summed E-state index contributed by atoms with van der Waals surface area (Å²) < 4.78 is 9.67. The highest BCUT2D eigenvalue weighted by Gasteiger charge is 2.31. The van der Waals surface area contributed by atoms with E-state index in [4.69, 9.17) is 4.74 Å². The second kappa shape index (κ2) is 9.36. The molecule has 0 atom stereocenters. The predicted molar refractivity (Wildman–Crippen MR) is 131 cm³/mol. The average molecular weight is 479 g/mol. The fraction of sp³-hybridized carbons (Fsp3) is 0.538. The molecule has 9 heteroatoms. The van der Waals surface area contributed by atoms with E-state index in [0.29, 0.717) is 32.1 Å². The van der Waals surface area contributed by atoms with Gasteiger partial charge in [-0.2, -0.15) is 0 Å². The maximum Gasteiger partial charge on any atom is 0.410 e. The normalized spacial score (nSPS) is 18.3. The van der Waals surface area contributed by atoms with Crippen molar-refractivity contribution in [2.24, 2.45) is 0 Å². The van der Waals surface area contributed by atoms with Crippen molar-refractivity contribution in [3.05, 3.63) is 54.2 Å². The van der Waals surface area contributed by atoms with E-state index in [1.54, 1.807) is 4.90 Å². The van der Waals surface area contributed by atoms with Gasteiger partial charge in [0.25, 0.3) is 5.91 Å². The molecule has 2 amide bonds. The van der Waals surface area contributed by atoms with Crippen molar-refractivity contribution < 1.29 is 14.3 Å². The molecule has 0 saturated carbocycles. The highest BCUT2D eigenvalue weighted by Crippen LogP contribution is 2.30. The summed E-state index contributed by atoms with van der Waals surface area (Å²) in [5.41, 5.74) is 1.09. The molecule has 3 aromatic rings. The van der Waals surface area contributed by atoms with Crippen LogP contribution in [0, 0.1) is 0 Å². The molecule has 5 heterocycles. The van der Waals surface area contributed by atoms with Crippen LogP contribution in [-0.4, -0.2) is 72.7 Å². The van der Waals surface area contributed by atoms with Gasteiger partial charge in [0, 0.05) is 50.5 Å². The first kappa shape index (κ1) is 23.4. The first-order valence-corrected chi connectivity index (χ1v) is 12.5. The maximum atomic E-state index is 13.4. The minimum Gasteiger partial charge on any atom is -0.444 e. The lowest BCUT2D eigenvalue weighted by Gasteiger charge is -2.35. The Kier molecular flexibility index (Phi) is 6.25. The summed E-state index contributed by atoms with van der Waals surface area (Å²) in [5.74, 6) is 1.35. The van der Waals surface area contributed by atoms with Gasteiger partial charge in [-0.15, -0.1) is 10.2 Å². The topological polar surface area (TPSA) is 85.0 Å². The lowest BCUT2D eigenvalue weighted by atomic mass is 9.95.